The van der Waals surface area contributed by atoms with Crippen LogP contribution in [0.25, 0.3) is 15.8 Å². The second-order valence-electron chi connectivity index (χ2n) is 10.1. The maximum absolute atomic E-state index is 12.6. The molecule has 10 nitrogen and oxygen atoms in total. The van der Waals surface area contributed by atoms with E-state index in [2.05, 4.69) is 9.98 Å². The molecule has 4 heterocycles. The molecule has 40 heavy (non-hydrogen) atoms. The number of aliphatic hydroxyl groups is 1. The number of aliphatic hydroxyl groups excluding tert-OH is 1. The Labute approximate surface area is 237 Å². The third kappa shape index (κ3) is 4.36. The van der Waals surface area contributed by atoms with Gasteiger partial charge in [-0.2, -0.15) is 0 Å². The quantitative estimate of drug-likeness (QED) is 0.341. The van der Waals surface area contributed by atoms with Gasteiger partial charge in [0.25, 0.3) is 0 Å². The normalized spacial score (nSPS) is 24.6. The Balaban J connectivity index is 1.17. The molecule has 0 saturated carbocycles. The van der Waals surface area contributed by atoms with Gasteiger partial charge in [0.2, 0.25) is 5.91 Å². The van der Waals surface area contributed by atoms with Gasteiger partial charge in [-0.15, -0.1) is 23.1 Å². The molecule has 1 saturated heterocycles. The molecular weight excluding hydrogens is 554 g/mol. The lowest BCUT2D eigenvalue weighted by molar-refractivity contribution is -0.163. The van der Waals surface area contributed by atoms with Crippen molar-refractivity contribution >= 4 is 61.8 Å². The van der Waals surface area contributed by atoms with E-state index in [4.69, 9.17) is 4.74 Å². The predicted molar refractivity (Wildman–Crippen MR) is 150 cm³/mol. The van der Waals surface area contributed by atoms with Crippen molar-refractivity contribution in [3.8, 4) is 5.75 Å². The van der Waals surface area contributed by atoms with E-state index in [9.17, 15) is 29.7 Å². The standard InChI is InChI=1S/C28H25N3O7S2/c1-12-20(23(28(36)37)31-22(12)21(13(2)32)26(31)33)15-5-3-14(4-6-15)10-38-16-7-8-17-19(9-16)40-25(29-17)24-30-18(11-39-24)27(34)35/h3-9,12-13,18,21-22,32H,10-11H2,1-2H3,(H,34,35)(H,36,37)/t12-,13+,18+,21+,22?/m0/s1. The Hall–Kier alpha value is -3.74. The lowest BCUT2D eigenvalue weighted by Gasteiger charge is -2.46. The van der Waals surface area contributed by atoms with Crippen molar-refractivity contribution in [1.29, 1.82) is 0 Å². The third-order valence-electron chi connectivity index (χ3n) is 7.52. The number of carbonyl (C=O) groups excluding carboxylic acids is 1. The van der Waals surface area contributed by atoms with Crippen LogP contribution in [0.1, 0.15) is 30.0 Å². The summed E-state index contributed by atoms with van der Waals surface area (Å²) in [5, 5.41) is 30.5. The van der Waals surface area contributed by atoms with Crippen LogP contribution in [0.4, 0.5) is 0 Å². The zero-order valence-electron chi connectivity index (χ0n) is 21.5. The zero-order valence-corrected chi connectivity index (χ0v) is 23.1. The summed E-state index contributed by atoms with van der Waals surface area (Å²) >= 11 is 2.83. The lowest BCUT2D eigenvalue weighted by Crippen LogP contribution is -2.63. The number of thiazole rings is 1. The molecule has 1 amide bonds. The Morgan fingerprint density at radius 3 is 2.58 bits per heavy atom. The summed E-state index contributed by atoms with van der Waals surface area (Å²) in [6.45, 7) is 3.74. The van der Waals surface area contributed by atoms with Gasteiger partial charge in [0, 0.05) is 11.7 Å². The lowest BCUT2D eigenvalue weighted by atomic mass is 9.77. The van der Waals surface area contributed by atoms with Crippen LogP contribution in [-0.2, 0) is 21.0 Å². The van der Waals surface area contributed by atoms with Crippen molar-refractivity contribution in [2.24, 2.45) is 16.8 Å². The van der Waals surface area contributed by atoms with Gasteiger partial charge in [0.05, 0.1) is 28.3 Å². The molecule has 1 fully saturated rings. The molecule has 0 aliphatic carbocycles. The van der Waals surface area contributed by atoms with E-state index in [1.807, 2.05) is 49.4 Å². The van der Waals surface area contributed by atoms with E-state index in [0.717, 1.165) is 21.3 Å². The molecule has 12 heteroatoms. The summed E-state index contributed by atoms with van der Waals surface area (Å²) in [5.74, 6) is -2.22. The van der Waals surface area contributed by atoms with Gasteiger partial charge in [0.1, 0.15) is 28.1 Å². The number of carboxylic acids is 2. The number of nitrogens with zero attached hydrogens (tertiary/aromatic N) is 3. The molecule has 3 aliphatic rings. The molecule has 1 unspecified atom stereocenters. The first-order valence-electron chi connectivity index (χ1n) is 12.7. The SMILES string of the molecule is C[C@H]1C(c2ccc(COc3ccc4nc(C5=N[C@@H](C(=O)O)CS5)sc4c3)cc2)=C(C(=O)O)N2C(=O)[C@H]([C@@H](C)O)C12. The van der Waals surface area contributed by atoms with Crippen molar-refractivity contribution in [3.05, 3.63) is 64.3 Å². The molecule has 0 radical (unpaired) electrons. The van der Waals surface area contributed by atoms with Crippen LogP contribution in [0, 0.1) is 11.8 Å². The van der Waals surface area contributed by atoms with Crippen LogP contribution in [-0.4, -0.2) is 72.0 Å². The Kier molecular flexibility index (Phi) is 6.64. The zero-order chi connectivity index (χ0) is 28.3. The highest BCUT2D eigenvalue weighted by molar-refractivity contribution is 8.15. The van der Waals surface area contributed by atoms with E-state index in [1.165, 1.54) is 28.0 Å². The molecular formula is C28H25N3O7S2. The van der Waals surface area contributed by atoms with Crippen molar-refractivity contribution in [2.75, 3.05) is 5.75 Å². The van der Waals surface area contributed by atoms with Gasteiger partial charge in [-0.25, -0.2) is 14.6 Å². The van der Waals surface area contributed by atoms with Crippen molar-refractivity contribution in [1.82, 2.24) is 9.88 Å². The molecule has 3 aromatic rings. The Morgan fingerprint density at radius 2 is 1.93 bits per heavy atom. The number of ether oxygens (including phenoxy) is 1. The molecule has 1 aromatic heterocycles. The van der Waals surface area contributed by atoms with Crippen molar-refractivity contribution in [2.45, 2.75) is 38.6 Å². The van der Waals surface area contributed by atoms with Crippen LogP contribution in [0.5, 0.6) is 5.75 Å². The van der Waals surface area contributed by atoms with Crippen molar-refractivity contribution in [3.63, 3.8) is 0 Å². The van der Waals surface area contributed by atoms with Gasteiger partial charge in [-0.3, -0.25) is 9.79 Å². The largest absolute Gasteiger partial charge is 0.489 e. The average Bonchev–Trinajstić information content (AvgIpc) is 3.62. The Morgan fingerprint density at radius 1 is 1.18 bits per heavy atom. The number of aromatic nitrogens is 1. The number of aliphatic imine (C=N–C) groups is 1. The van der Waals surface area contributed by atoms with E-state index in [1.54, 1.807) is 6.92 Å². The fraction of sp³-hybridized carbons (Fsp3) is 0.321. The number of β-lactam (4-membered cyclic amide) rings is 1. The predicted octanol–water partition coefficient (Wildman–Crippen LogP) is 3.48. The number of aliphatic carboxylic acids is 2. The summed E-state index contributed by atoms with van der Waals surface area (Å²) in [6, 6.07) is 11.9. The summed E-state index contributed by atoms with van der Waals surface area (Å²) in [7, 11) is 0. The highest BCUT2D eigenvalue weighted by atomic mass is 32.2. The monoisotopic (exact) mass is 579 g/mol. The minimum Gasteiger partial charge on any atom is -0.489 e. The van der Waals surface area contributed by atoms with Crippen molar-refractivity contribution < 1.29 is 34.4 Å². The topological polar surface area (TPSA) is 150 Å². The average molecular weight is 580 g/mol. The molecule has 6 rings (SSSR count). The number of carboxylic acid groups (broad SMARTS) is 2. The number of hydrogen-bond donors (Lipinski definition) is 3. The van der Waals surface area contributed by atoms with Gasteiger partial charge in [-0.1, -0.05) is 31.2 Å². The van der Waals surface area contributed by atoms with E-state index in [-0.39, 0.29) is 30.2 Å². The molecule has 5 atom stereocenters. The fourth-order valence-electron chi connectivity index (χ4n) is 5.60. The number of thioether (sulfide) groups is 1. The summed E-state index contributed by atoms with van der Waals surface area (Å²) in [5.41, 5.74) is 2.97. The number of rotatable bonds is 8. The minimum atomic E-state index is -1.16. The van der Waals surface area contributed by atoms with E-state index < -0.39 is 30.0 Å². The maximum atomic E-state index is 12.6. The number of benzene rings is 2. The number of fused-ring (bicyclic) bond motifs is 2. The van der Waals surface area contributed by atoms with Gasteiger partial charge in [0.15, 0.2) is 6.04 Å². The number of carbonyl (C=O) groups is 3. The highest BCUT2D eigenvalue weighted by Crippen LogP contribution is 2.50. The molecule has 0 bridgehead atoms. The molecule has 3 N–H and O–H groups in total. The first kappa shape index (κ1) is 26.5. The van der Waals surface area contributed by atoms with Gasteiger partial charge < -0.3 is 25.0 Å². The molecule has 2 aromatic carbocycles. The van der Waals surface area contributed by atoms with Gasteiger partial charge in [-0.05, 0) is 41.8 Å². The summed E-state index contributed by atoms with van der Waals surface area (Å²) < 4.78 is 6.91. The Bertz CT molecular complexity index is 1610. The van der Waals surface area contributed by atoms with Crippen LogP contribution < -0.4 is 4.74 Å². The van der Waals surface area contributed by atoms with Crippen LogP contribution in [0.2, 0.25) is 0 Å². The molecule has 3 aliphatic heterocycles. The second kappa shape index (κ2) is 10.0. The highest BCUT2D eigenvalue weighted by Gasteiger charge is 2.59. The smallest absolute Gasteiger partial charge is 0.352 e. The molecule has 206 valence electrons. The maximum Gasteiger partial charge on any atom is 0.352 e. The summed E-state index contributed by atoms with van der Waals surface area (Å²) in [4.78, 5) is 46.1. The second-order valence-corrected chi connectivity index (χ2v) is 12.1. The van der Waals surface area contributed by atoms with Crippen LogP contribution >= 0.6 is 23.1 Å². The first-order valence-corrected chi connectivity index (χ1v) is 14.5. The van der Waals surface area contributed by atoms with Crippen LogP contribution in [0.15, 0.2) is 53.2 Å². The fourth-order valence-corrected chi connectivity index (χ4v) is 7.69. The summed E-state index contributed by atoms with van der Waals surface area (Å²) in [6.07, 6.45) is -0.847. The molecule has 0 spiro atoms. The third-order valence-corrected chi connectivity index (χ3v) is 9.73. The number of hydrogen-bond acceptors (Lipinski definition) is 9. The number of amides is 1. The van der Waals surface area contributed by atoms with E-state index >= 15 is 0 Å². The van der Waals surface area contributed by atoms with Gasteiger partial charge >= 0.3 is 11.9 Å². The van der Waals surface area contributed by atoms with Crippen LogP contribution in [0.3, 0.4) is 0 Å². The van der Waals surface area contributed by atoms with E-state index in [0.29, 0.717) is 27.1 Å². The first-order chi connectivity index (χ1) is 19.1. The minimum absolute atomic E-state index is 0.0129.